The first-order valence-electron chi connectivity index (χ1n) is 6.70. The van der Waals surface area contributed by atoms with Crippen LogP contribution in [0.1, 0.15) is 11.7 Å². The number of aliphatic carboxylic acids is 1. The van der Waals surface area contributed by atoms with Crippen LogP contribution in [0.5, 0.6) is 0 Å². The first-order chi connectivity index (χ1) is 10.4. The van der Waals surface area contributed by atoms with Gasteiger partial charge in [0.2, 0.25) is 0 Å². The zero-order valence-electron chi connectivity index (χ0n) is 11.3. The molecule has 1 saturated carbocycles. The number of alkyl halides is 3. The van der Waals surface area contributed by atoms with Crippen molar-refractivity contribution >= 4 is 11.6 Å². The van der Waals surface area contributed by atoms with E-state index < -0.39 is 12.1 Å². The Morgan fingerprint density at radius 1 is 1.27 bits per heavy atom. The predicted molar refractivity (Wildman–Crippen MR) is 69.3 cm³/mol. The Hall–Kier alpha value is -2.16. The molecule has 1 aliphatic carbocycles. The molecule has 1 unspecified atom stereocenters. The first-order valence-corrected chi connectivity index (χ1v) is 6.70. The van der Waals surface area contributed by atoms with E-state index in [9.17, 15) is 13.2 Å². The minimum absolute atomic E-state index is 0.642. The number of rotatable bonds is 1. The number of aromatic nitrogens is 3. The van der Waals surface area contributed by atoms with Crippen molar-refractivity contribution in [1.29, 1.82) is 0 Å². The molecular formula is C13H13F3N4O2. The molecule has 0 amide bonds. The average Bonchev–Trinajstić information content (AvgIpc) is 2.86. The molecule has 2 fully saturated rings. The standard InChI is InChI=1S/C11H12N4.C2HF3O2/c1-2-4-15-9(3-1)13-14-11(15)10-7-5-12-6-8(7)10;3-2(4,5)1(6)7/h1-4,7-8,10,12H,5-6H2;(H,6,7)/t7-,8+,10?;. The second kappa shape index (κ2) is 5.24. The van der Waals surface area contributed by atoms with Crippen LogP contribution in [0.15, 0.2) is 24.4 Å². The first kappa shape index (κ1) is 14.8. The SMILES string of the molecule is O=C(O)C(F)(F)F.c1ccn2c(C3[C@H]4CNC[C@@H]34)nnc2c1. The van der Waals surface area contributed by atoms with Gasteiger partial charge in [0.1, 0.15) is 5.82 Å². The van der Waals surface area contributed by atoms with Gasteiger partial charge in [-0.1, -0.05) is 6.07 Å². The summed E-state index contributed by atoms with van der Waals surface area (Å²) in [7, 11) is 0. The van der Waals surface area contributed by atoms with Crippen LogP contribution in [-0.4, -0.2) is 44.9 Å². The van der Waals surface area contributed by atoms with Gasteiger partial charge in [-0.15, -0.1) is 10.2 Å². The lowest BCUT2D eigenvalue weighted by Crippen LogP contribution is -2.21. The van der Waals surface area contributed by atoms with Crippen LogP contribution in [0.4, 0.5) is 13.2 Å². The molecule has 3 atom stereocenters. The Morgan fingerprint density at radius 3 is 2.50 bits per heavy atom. The lowest BCUT2D eigenvalue weighted by molar-refractivity contribution is -0.192. The molecular weight excluding hydrogens is 301 g/mol. The average molecular weight is 314 g/mol. The van der Waals surface area contributed by atoms with E-state index in [1.807, 2.05) is 18.2 Å². The third-order valence-corrected chi connectivity index (χ3v) is 3.97. The van der Waals surface area contributed by atoms with Gasteiger partial charge in [0, 0.05) is 12.1 Å². The summed E-state index contributed by atoms with van der Waals surface area (Å²) in [5.41, 5.74) is 0.963. The molecule has 0 spiro atoms. The number of piperidine rings is 1. The molecule has 2 aromatic rings. The van der Waals surface area contributed by atoms with Crippen LogP contribution >= 0.6 is 0 Å². The van der Waals surface area contributed by atoms with E-state index in [0.717, 1.165) is 36.4 Å². The van der Waals surface area contributed by atoms with Gasteiger partial charge in [-0.3, -0.25) is 4.40 Å². The highest BCUT2D eigenvalue weighted by Crippen LogP contribution is 2.55. The van der Waals surface area contributed by atoms with Crippen molar-refractivity contribution in [1.82, 2.24) is 19.9 Å². The maximum absolute atomic E-state index is 10.6. The molecule has 6 nitrogen and oxygen atoms in total. The summed E-state index contributed by atoms with van der Waals surface area (Å²) in [6, 6.07) is 6.05. The second-order valence-electron chi connectivity index (χ2n) is 5.30. The van der Waals surface area contributed by atoms with E-state index >= 15 is 0 Å². The molecule has 1 saturated heterocycles. The van der Waals surface area contributed by atoms with E-state index in [0.29, 0.717) is 5.92 Å². The minimum Gasteiger partial charge on any atom is -0.475 e. The van der Waals surface area contributed by atoms with Gasteiger partial charge in [-0.2, -0.15) is 13.2 Å². The molecule has 1 aliphatic heterocycles. The third kappa shape index (κ3) is 2.63. The molecule has 3 heterocycles. The van der Waals surface area contributed by atoms with Crippen molar-refractivity contribution in [2.75, 3.05) is 13.1 Å². The van der Waals surface area contributed by atoms with E-state index in [4.69, 9.17) is 9.90 Å². The number of carboxylic acids is 1. The summed E-state index contributed by atoms with van der Waals surface area (Å²) in [5, 5.41) is 19.1. The highest BCUT2D eigenvalue weighted by Gasteiger charge is 2.55. The molecule has 22 heavy (non-hydrogen) atoms. The Labute approximate surface area is 123 Å². The van der Waals surface area contributed by atoms with Crippen LogP contribution < -0.4 is 5.32 Å². The quantitative estimate of drug-likeness (QED) is 0.829. The fourth-order valence-corrected chi connectivity index (χ4v) is 2.89. The summed E-state index contributed by atoms with van der Waals surface area (Å²) in [6.07, 6.45) is -3.02. The van der Waals surface area contributed by atoms with Crippen LogP contribution in [0, 0.1) is 11.8 Å². The Morgan fingerprint density at radius 2 is 1.91 bits per heavy atom. The predicted octanol–water partition coefficient (Wildman–Crippen LogP) is 1.30. The molecule has 0 aromatic carbocycles. The molecule has 9 heteroatoms. The van der Waals surface area contributed by atoms with E-state index in [1.54, 1.807) is 0 Å². The van der Waals surface area contributed by atoms with Crippen molar-refractivity contribution in [3.05, 3.63) is 30.2 Å². The lowest BCUT2D eigenvalue weighted by atomic mass is 10.2. The number of pyridine rings is 1. The lowest BCUT2D eigenvalue weighted by Gasteiger charge is -2.02. The number of carbonyl (C=O) groups is 1. The monoisotopic (exact) mass is 314 g/mol. The molecule has 0 bridgehead atoms. The number of nitrogens with one attached hydrogen (secondary N) is 1. The maximum atomic E-state index is 10.6. The van der Waals surface area contributed by atoms with Gasteiger partial charge in [0.05, 0.1) is 0 Å². The van der Waals surface area contributed by atoms with Gasteiger partial charge in [0.15, 0.2) is 5.65 Å². The van der Waals surface area contributed by atoms with E-state index in [2.05, 4.69) is 26.1 Å². The van der Waals surface area contributed by atoms with E-state index in [1.165, 1.54) is 0 Å². The summed E-state index contributed by atoms with van der Waals surface area (Å²) in [5.74, 6) is 0.647. The zero-order chi connectivity index (χ0) is 15.9. The molecule has 0 radical (unpaired) electrons. The Kier molecular flexibility index (Phi) is 3.51. The van der Waals surface area contributed by atoms with Crippen LogP contribution in [0.2, 0.25) is 0 Å². The second-order valence-corrected chi connectivity index (χ2v) is 5.30. The topological polar surface area (TPSA) is 79.5 Å². The Bertz CT molecular complexity index is 690. The fourth-order valence-electron chi connectivity index (χ4n) is 2.89. The zero-order valence-corrected chi connectivity index (χ0v) is 11.3. The third-order valence-electron chi connectivity index (χ3n) is 3.97. The van der Waals surface area contributed by atoms with Crippen molar-refractivity contribution in [2.45, 2.75) is 12.1 Å². The van der Waals surface area contributed by atoms with Gasteiger partial charge in [0.25, 0.3) is 0 Å². The number of nitrogens with zero attached hydrogens (tertiary/aromatic N) is 3. The number of hydrogen-bond donors (Lipinski definition) is 2. The van der Waals surface area contributed by atoms with Crippen LogP contribution in [-0.2, 0) is 4.79 Å². The minimum atomic E-state index is -5.08. The summed E-state index contributed by atoms with van der Waals surface area (Å²) >= 11 is 0. The summed E-state index contributed by atoms with van der Waals surface area (Å²) in [6.45, 7) is 2.30. The number of fused-ring (bicyclic) bond motifs is 2. The van der Waals surface area contributed by atoms with Crippen molar-refractivity contribution in [3.8, 4) is 0 Å². The van der Waals surface area contributed by atoms with Gasteiger partial charge in [-0.05, 0) is 37.1 Å². The number of halogens is 3. The maximum Gasteiger partial charge on any atom is 0.490 e. The van der Waals surface area contributed by atoms with Gasteiger partial charge in [-0.25, -0.2) is 4.79 Å². The van der Waals surface area contributed by atoms with Crippen molar-refractivity contribution < 1.29 is 23.1 Å². The molecule has 2 aromatic heterocycles. The van der Waals surface area contributed by atoms with Crippen molar-refractivity contribution in [3.63, 3.8) is 0 Å². The van der Waals surface area contributed by atoms with Crippen molar-refractivity contribution in [2.24, 2.45) is 11.8 Å². The van der Waals surface area contributed by atoms with Gasteiger partial charge >= 0.3 is 12.1 Å². The number of carboxylic acid groups (broad SMARTS) is 1. The van der Waals surface area contributed by atoms with E-state index in [-0.39, 0.29) is 0 Å². The van der Waals surface area contributed by atoms with Crippen LogP contribution in [0.25, 0.3) is 5.65 Å². The smallest absolute Gasteiger partial charge is 0.475 e. The molecule has 118 valence electrons. The van der Waals surface area contributed by atoms with Crippen LogP contribution in [0.3, 0.4) is 0 Å². The highest BCUT2D eigenvalue weighted by atomic mass is 19.4. The number of hydrogen-bond acceptors (Lipinski definition) is 4. The molecule has 4 rings (SSSR count). The fraction of sp³-hybridized carbons (Fsp3) is 0.462. The van der Waals surface area contributed by atoms with Gasteiger partial charge < -0.3 is 10.4 Å². The largest absolute Gasteiger partial charge is 0.490 e. The molecule has 2 aliphatic rings. The molecule has 2 N–H and O–H groups in total. The normalized spacial score (nSPS) is 26.2. The highest BCUT2D eigenvalue weighted by molar-refractivity contribution is 5.73. The summed E-state index contributed by atoms with van der Waals surface area (Å²) in [4.78, 5) is 8.90. The summed E-state index contributed by atoms with van der Waals surface area (Å²) < 4.78 is 33.9. The Balaban J connectivity index is 0.000000178.